The van der Waals surface area contributed by atoms with Crippen molar-refractivity contribution < 1.29 is 9.59 Å². The van der Waals surface area contributed by atoms with Gasteiger partial charge < -0.3 is 0 Å². The highest BCUT2D eigenvalue weighted by atomic mass is 35.5. The summed E-state index contributed by atoms with van der Waals surface area (Å²) in [6, 6.07) is 22.9. The number of amides is 2. The van der Waals surface area contributed by atoms with Gasteiger partial charge in [0.25, 0.3) is 0 Å². The average molecular weight is 530 g/mol. The van der Waals surface area contributed by atoms with Gasteiger partial charge >= 0.3 is 0 Å². The molecule has 3 aromatic rings. The van der Waals surface area contributed by atoms with Gasteiger partial charge in [-0.1, -0.05) is 47.5 Å². The van der Waals surface area contributed by atoms with Gasteiger partial charge in [-0.25, -0.2) is 0 Å². The molecule has 0 spiro atoms. The zero-order valence-corrected chi connectivity index (χ0v) is 21.7. The molecule has 8 heteroatoms. The van der Waals surface area contributed by atoms with Crippen molar-refractivity contribution in [3.05, 3.63) is 94.0 Å². The van der Waals surface area contributed by atoms with Crippen molar-refractivity contribution in [1.29, 1.82) is 0 Å². The lowest BCUT2D eigenvalue weighted by Crippen LogP contribution is -2.31. The largest absolute Gasteiger partial charge is 0.295 e. The van der Waals surface area contributed by atoms with E-state index in [1.165, 1.54) is 0 Å². The topological polar surface area (TPSA) is 40.6 Å². The number of rotatable bonds is 4. The Bertz CT molecular complexity index is 1120. The van der Waals surface area contributed by atoms with Crippen molar-refractivity contribution in [1.82, 2.24) is 0 Å². The number of benzene rings is 3. The molecule has 0 aliphatic carbocycles. The van der Waals surface area contributed by atoms with Gasteiger partial charge in [0.15, 0.2) is 0 Å². The van der Waals surface area contributed by atoms with Gasteiger partial charge in [0.1, 0.15) is 10.7 Å². The van der Waals surface area contributed by atoms with Crippen molar-refractivity contribution in [3.8, 4) is 0 Å². The van der Waals surface area contributed by atoms with Crippen LogP contribution in [0, 0.1) is 0 Å². The number of carbonyl (C=O) groups excluding carboxylic acids is 2. The van der Waals surface area contributed by atoms with Crippen LogP contribution < -0.4 is 9.80 Å². The highest BCUT2D eigenvalue weighted by Gasteiger charge is 2.41. The summed E-state index contributed by atoms with van der Waals surface area (Å²) in [7, 11) is 0. The van der Waals surface area contributed by atoms with E-state index in [1.807, 2.05) is 96.4 Å². The van der Waals surface area contributed by atoms with Gasteiger partial charge in [0.05, 0.1) is 10.5 Å². The standard InChI is InChI=1S/C26H22Cl2N2O2S2/c1-15-23(31)29(25(33-15)17-3-7-19(27)8-4-17)21-11-13-22(14-12-21)30-24(32)16(2)34-26(30)18-5-9-20(28)10-6-18/h3-16,25-26H,1-2H3/t15-,16-,25+,26+/m0/s1. The number of thioether (sulfide) groups is 2. The fraction of sp³-hybridized carbons (Fsp3) is 0.231. The number of nitrogens with zero attached hydrogens (tertiary/aromatic N) is 2. The van der Waals surface area contributed by atoms with Crippen LogP contribution >= 0.6 is 46.7 Å². The molecule has 2 amide bonds. The molecule has 174 valence electrons. The van der Waals surface area contributed by atoms with Crippen molar-refractivity contribution in [2.24, 2.45) is 0 Å². The van der Waals surface area contributed by atoms with Crippen LogP contribution in [-0.4, -0.2) is 22.3 Å². The SMILES string of the molecule is C[C@@H]1S[C@H](c2ccc(Cl)cc2)N(c2ccc(N3C(=O)[C@H](C)S[C@@H]3c3ccc(Cl)cc3)cc2)C1=O. The lowest BCUT2D eigenvalue weighted by atomic mass is 10.1. The minimum atomic E-state index is -0.146. The molecule has 2 aliphatic heterocycles. The number of anilines is 2. The molecule has 2 heterocycles. The molecule has 5 rings (SSSR count). The maximum Gasteiger partial charge on any atom is 0.241 e. The molecule has 0 N–H and O–H groups in total. The predicted octanol–water partition coefficient (Wildman–Crippen LogP) is 7.33. The Kier molecular flexibility index (Phi) is 6.60. The van der Waals surface area contributed by atoms with Crippen LogP contribution in [-0.2, 0) is 9.59 Å². The fourth-order valence-electron chi connectivity index (χ4n) is 4.26. The van der Waals surface area contributed by atoms with Gasteiger partial charge in [0, 0.05) is 21.4 Å². The van der Waals surface area contributed by atoms with Gasteiger partial charge in [-0.05, 0) is 73.5 Å². The summed E-state index contributed by atoms with van der Waals surface area (Å²) >= 11 is 15.4. The van der Waals surface area contributed by atoms with Crippen LogP contribution in [0.25, 0.3) is 0 Å². The minimum absolute atomic E-state index is 0.0677. The van der Waals surface area contributed by atoms with Gasteiger partial charge in [-0.15, -0.1) is 23.5 Å². The Morgan fingerprint density at radius 3 is 1.24 bits per heavy atom. The van der Waals surface area contributed by atoms with Crippen LogP contribution in [0.3, 0.4) is 0 Å². The summed E-state index contributed by atoms with van der Waals surface area (Å²) in [6.45, 7) is 3.87. The maximum atomic E-state index is 13.1. The molecule has 0 bridgehead atoms. The van der Waals surface area contributed by atoms with Gasteiger partial charge in [-0.3, -0.25) is 19.4 Å². The molecule has 0 radical (unpaired) electrons. The van der Waals surface area contributed by atoms with Crippen LogP contribution in [0.4, 0.5) is 11.4 Å². The van der Waals surface area contributed by atoms with E-state index in [9.17, 15) is 9.59 Å². The monoisotopic (exact) mass is 528 g/mol. The molecule has 3 aromatic carbocycles. The van der Waals surface area contributed by atoms with Gasteiger partial charge in [-0.2, -0.15) is 0 Å². The summed E-state index contributed by atoms with van der Waals surface area (Å²) in [5.41, 5.74) is 3.67. The highest BCUT2D eigenvalue weighted by molar-refractivity contribution is 8.01. The van der Waals surface area contributed by atoms with Crippen LogP contribution in [0.1, 0.15) is 35.7 Å². The highest BCUT2D eigenvalue weighted by Crippen LogP contribution is 2.48. The van der Waals surface area contributed by atoms with Crippen molar-refractivity contribution in [2.45, 2.75) is 35.1 Å². The molecule has 0 saturated carbocycles. The molecule has 2 aliphatic rings. The van der Waals surface area contributed by atoms with Gasteiger partial charge in [0.2, 0.25) is 11.8 Å². The Labute approximate surface area is 217 Å². The second-order valence-corrected chi connectivity index (χ2v) is 12.0. The lowest BCUT2D eigenvalue weighted by Gasteiger charge is -2.27. The molecule has 4 atom stereocenters. The molecular formula is C26H22Cl2N2O2S2. The van der Waals surface area contributed by atoms with Crippen molar-refractivity contribution in [3.63, 3.8) is 0 Å². The Balaban J connectivity index is 1.46. The predicted molar refractivity (Wildman–Crippen MR) is 144 cm³/mol. The molecule has 4 nitrogen and oxygen atoms in total. The van der Waals surface area contributed by atoms with Crippen molar-refractivity contribution >= 4 is 69.9 Å². The quantitative estimate of drug-likeness (QED) is 0.355. The zero-order valence-electron chi connectivity index (χ0n) is 18.5. The summed E-state index contributed by atoms with van der Waals surface area (Å²) in [6.07, 6.45) is 0. The normalized spacial score (nSPS) is 24.8. The first-order valence-electron chi connectivity index (χ1n) is 10.9. The lowest BCUT2D eigenvalue weighted by molar-refractivity contribution is -0.118. The van der Waals surface area contributed by atoms with E-state index >= 15 is 0 Å². The molecule has 34 heavy (non-hydrogen) atoms. The summed E-state index contributed by atoms with van der Waals surface area (Å²) in [5.74, 6) is 0.135. The first kappa shape index (κ1) is 23.6. The first-order chi connectivity index (χ1) is 16.3. The third-order valence-electron chi connectivity index (χ3n) is 6.02. The van der Waals surface area contributed by atoms with E-state index in [1.54, 1.807) is 23.5 Å². The van der Waals surface area contributed by atoms with E-state index < -0.39 is 0 Å². The zero-order chi connectivity index (χ0) is 24.0. The Morgan fingerprint density at radius 1 is 0.588 bits per heavy atom. The number of halogens is 2. The summed E-state index contributed by atoms with van der Waals surface area (Å²) < 4.78 is 0. The Hall–Kier alpha value is -2.12. The van der Waals surface area contributed by atoms with E-state index in [2.05, 4.69) is 0 Å². The third-order valence-corrected chi connectivity index (χ3v) is 9.23. The molecule has 2 fully saturated rings. The molecule has 0 aromatic heterocycles. The molecule has 2 saturated heterocycles. The summed E-state index contributed by atoms with van der Waals surface area (Å²) in [5, 5.41) is 0.784. The van der Waals surface area contributed by atoms with Crippen LogP contribution in [0.15, 0.2) is 72.8 Å². The van der Waals surface area contributed by atoms with E-state index in [0.717, 1.165) is 22.5 Å². The number of hydrogen-bond donors (Lipinski definition) is 0. The van der Waals surface area contributed by atoms with E-state index in [0.29, 0.717) is 10.0 Å². The smallest absolute Gasteiger partial charge is 0.241 e. The molecular weight excluding hydrogens is 507 g/mol. The average Bonchev–Trinajstić information content (AvgIpc) is 3.30. The van der Waals surface area contributed by atoms with Crippen LogP contribution in [0.5, 0.6) is 0 Å². The summed E-state index contributed by atoms with van der Waals surface area (Å²) in [4.78, 5) is 29.8. The Morgan fingerprint density at radius 2 is 0.912 bits per heavy atom. The second kappa shape index (κ2) is 9.50. The maximum absolute atomic E-state index is 13.1. The molecule has 0 unspecified atom stereocenters. The minimum Gasteiger partial charge on any atom is -0.295 e. The second-order valence-electron chi connectivity index (χ2n) is 8.30. The third kappa shape index (κ3) is 4.33. The first-order valence-corrected chi connectivity index (χ1v) is 13.6. The fourth-order valence-corrected chi connectivity index (χ4v) is 7.07. The van der Waals surface area contributed by atoms with E-state index in [4.69, 9.17) is 23.2 Å². The van der Waals surface area contributed by atoms with Crippen LogP contribution in [0.2, 0.25) is 10.0 Å². The van der Waals surface area contributed by atoms with E-state index in [-0.39, 0.29) is 33.1 Å². The van der Waals surface area contributed by atoms with Crippen molar-refractivity contribution in [2.75, 3.05) is 9.80 Å². The number of hydrogen-bond acceptors (Lipinski definition) is 4. The number of carbonyl (C=O) groups is 2.